The molecular weight excluding hydrogens is 298 g/mol. The van der Waals surface area contributed by atoms with Crippen molar-refractivity contribution < 1.29 is 13.6 Å². The van der Waals surface area contributed by atoms with Crippen LogP contribution < -0.4 is 5.32 Å². The zero-order chi connectivity index (χ0) is 17.0. The number of nitrogens with zero attached hydrogens (tertiary/aromatic N) is 1. The van der Waals surface area contributed by atoms with Crippen LogP contribution in [0.3, 0.4) is 0 Å². The van der Waals surface area contributed by atoms with Gasteiger partial charge in [0, 0.05) is 11.3 Å². The molecule has 23 heavy (non-hydrogen) atoms. The van der Waals surface area contributed by atoms with Gasteiger partial charge in [-0.05, 0) is 37.1 Å². The number of para-hydroxylation sites is 1. The summed E-state index contributed by atoms with van der Waals surface area (Å²) in [5.41, 5.74) is 1.81. The molecule has 1 amide bonds. The molecule has 0 spiro atoms. The molecule has 0 fully saturated rings. The highest BCUT2D eigenvalue weighted by Gasteiger charge is 2.14. The number of rotatable bonds is 3. The monoisotopic (exact) mass is 312 g/mol. The molecule has 0 atom stereocenters. The van der Waals surface area contributed by atoms with Gasteiger partial charge in [0.15, 0.2) is 11.6 Å². The number of carbonyl (C=O) groups excluding carboxylic acids is 1. The molecule has 5 heteroatoms. The lowest BCUT2D eigenvalue weighted by atomic mass is 10.1. The first kappa shape index (κ1) is 16.4. The lowest BCUT2D eigenvalue weighted by molar-refractivity contribution is -0.112. The number of hydrogen-bond acceptors (Lipinski definition) is 2. The molecule has 3 nitrogen and oxygen atoms in total. The third-order valence-corrected chi connectivity index (χ3v) is 3.37. The Morgan fingerprint density at radius 2 is 1.74 bits per heavy atom. The molecule has 0 heterocycles. The van der Waals surface area contributed by atoms with E-state index in [-0.39, 0.29) is 11.1 Å². The van der Waals surface area contributed by atoms with Crippen LogP contribution in [-0.4, -0.2) is 5.91 Å². The Balaban J connectivity index is 2.35. The fourth-order valence-corrected chi connectivity index (χ4v) is 2.13. The van der Waals surface area contributed by atoms with Gasteiger partial charge in [0.2, 0.25) is 0 Å². The van der Waals surface area contributed by atoms with Crippen LogP contribution in [-0.2, 0) is 4.79 Å². The van der Waals surface area contributed by atoms with Crippen LogP contribution >= 0.6 is 0 Å². The Labute approximate surface area is 132 Å². The molecule has 0 unspecified atom stereocenters. The van der Waals surface area contributed by atoms with Crippen LogP contribution in [0.15, 0.2) is 42.0 Å². The predicted molar refractivity (Wildman–Crippen MR) is 84.5 cm³/mol. The number of nitrogens with one attached hydrogen (secondary N) is 1. The largest absolute Gasteiger partial charge is 0.321 e. The fraction of sp³-hybridized carbons (Fsp3) is 0.111. The van der Waals surface area contributed by atoms with Crippen LogP contribution in [0, 0.1) is 36.8 Å². The van der Waals surface area contributed by atoms with E-state index in [1.165, 1.54) is 12.1 Å². The van der Waals surface area contributed by atoms with Crippen LogP contribution in [0.25, 0.3) is 6.08 Å². The first-order valence-corrected chi connectivity index (χ1v) is 6.87. The molecule has 2 rings (SSSR count). The molecule has 2 aromatic carbocycles. The summed E-state index contributed by atoms with van der Waals surface area (Å²) in [6.07, 6.45) is 1.03. The number of nitriles is 1. The normalized spacial score (nSPS) is 11.0. The van der Waals surface area contributed by atoms with Crippen molar-refractivity contribution in [2.45, 2.75) is 13.8 Å². The minimum Gasteiger partial charge on any atom is -0.321 e. The maximum atomic E-state index is 13.7. The number of halogens is 2. The Morgan fingerprint density at radius 1 is 1.13 bits per heavy atom. The van der Waals surface area contributed by atoms with E-state index in [4.69, 9.17) is 5.26 Å². The van der Waals surface area contributed by atoms with Gasteiger partial charge in [-0.3, -0.25) is 4.79 Å². The van der Waals surface area contributed by atoms with Gasteiger partial charge >= 0.3 is 0 Å². The number of aryl methyl sites for hydroxylation is 2. The van der Waals surface area contributed by atoms with E-state index >= 15 is 0 Å². The van der Waals surface area contributed by atoms with Gasteiger partial charge in [0.05, 0.1) is 0 Å². The SMILES string of the molecule is Cc1cccc(C)c1NC(=O)C(C#N)=Cc1cccc(F)c1F. The molecule has 2 aromatic rings. The van der Waals surface area contributed by atoms with E-state index in [0.717, 1.165) is 23.3 Å². The van der Waals surface area contributed by atoms with Crippen LogP contribution in [0.5, 0.6) is 0 Å². The van der Waals surface area contributed by atoms with E-state index in [1.807, 2.05) is 32.0 Å². The predicted octanol–water partition coefficient (Wildman–Crippen LogP) is 4.13. The zero-order valence-electron chi connectivity index (χ0n) is 12.7. The molecule has 0 aliphatic heterocycles. The minimum absolute atomic E-state index is 0.154. The summed E-state index contributed by atoms with van der Waals surface area (Å²) in [4.78, 5) is 12.2. The van der Waals surface area contributed by atoms with Gasteiger partial charge < -0.3 is 5.32 Å². The first-order valence-electron chi connectivity index (χ1n) is 6.87. The molecule has 1 N–H and O–H groups in total. The van der Waals surface area contributed by atoms with E-state index in [9.17, 15) is 13.6 Å². The molecule has 0 aliphatic rings. The minimum atomic E-state index is -1.10. The fourth-order valence-electron chi connectivity index (χ4n) is 2.13. The highest BCUT2D eigenvalue weighted by atomic mass is 19.2. The third kappa shape index (κ3) is 3.61. The topological polar surface area (TPSA) is 52.9 Å². The van der Waals surface area contributed by atoms with E-state index in [1.54, 1.807) is 6.07 Å². The summed E-state index contributed by atoms with van der Waals surface area (Å²) in [5.74, 6) is -2.81. The molecule has 0 bridgehead atoms. The second kappa shape index (κ2) is 6.84. The van der Waals surface area contributed by atoms with Gasteiger partial charge in [-0.1, -0.05) is 30.3 Å². The van der Waals surface area contributed by atoms with Crippen LogP contribution in [0.1, 0.15) is 16.7 Å². The van der Waals surface area contributed by atoms with Crippen molar-refractivity contribution in [2.24, 2.45) is 0 Å². The number of hydrogen-bond donors (Lipinski definition) is 1. The second-order valence-electron chi connectivity index (χ2n) is 5.03. The lowest BCUT2D eigenvalue weighted by Gasteiger charge is -2.11. The van der Waals surface area contributed by atoms with Crippen molar-refractivity contribution in [3.63, 3.8) is 0 Å². The number of benzene rings is 2. The molecule has 0 saturated carbocycles. The standard InChI is InChI=1S/C18H14F2N2O/c1-11-5-3-6-12(2)17(11)22-18(23)14(10-21)9-13-7-4-8-15(19)16(13)20/h3-9H,1-2H3,(H,22,23). The summed E-state index contributed by atoms with van der Waals surface area (Å²) in [5, 5.41) is 11.8. The van der Waals surface area contributed by atoms with Crippen molar-refractivity contribution in [3.8, 4) is 6.07 Å². The third-order valence-electron chi connectivity index (χ3n) is 3.37. The van der Waals surface area contributed by atoms with Crippen molar-refractivity contribution in [3.05, 3.63) is 70.3 Å². The van der Waals surface area contributed by atoms with Gasteiger partial charge in [-0.2, -0.15) is 5.26 Å². The van der Waals surface area contributed by atoms with Gasteiger partial charge in [0.25, 0.3) is 5.91 Å². The quantitative estimate of drug-likeness (QED) is 0.684. The Hall–Kier alpha value is -3.00. The summed E-state index contributed by atoms with van der Waals surface area (Å²) in [7, 11) is 0. The van der Waals surface area contributed by atoms with Crippen molar-refractivity contribution in [1.82, 2.24) is 0 Å². The zero-order valence-corrected chi connectivity index (χ0v) is 12.7. The maximum Gasteiger partial charge on any atom is 0.266 e. The van der Waals surface area contributed by atoms with Crippen molar-refractivity contribution in [1.29, 1.82) is 5.26 Å². The van der Waals surface area contributed by atoms with Crippen molar-refractivity contribution >= 4 is 17.7 Å². The molecule has 0 aliphatic carbocycles. The van der Waals surface area contributed by atoms with E-state index in [0.29, 0.717) is 5.69 Å². The first-order chi connectivity index (χ1) is 10.9. The maximum absolute atomic E-state index is 13.7. The van der Waals surface area contributed by atoms with Gasteiger partial charge in [0.1, 0.15) is 11.6 Å². The van der Waals surface area contributed by atoms with E-state index in [2.05, 4.69) is 5.32 Å². The summed E-state index contributed by atoms with van der Waals surface area (Å²) >= 11 is 0. The number of anilines is 1. The highest BCUT2D eigenvalue weighted by molar-refractivity contribution is 6.10. The molecule has 0 aromatic heterocycles. The summed E-state index contributed by atoms with van der Waals surface area (Å²) < 4.78 is 26.9. The second-order valence-corrected chi connectivity index (χ2v) is 5.03. The summed E-state index contributed by atoms with van der Waals surface area (Å²) in [6.45, 7) is 3.65. The molecular formula is C18H14F2N2O. The lowest BCUT2D eigenvalue weighted by Crippen LogP contribution is -2.15. The van der Waals surface area contributed by atoms with E-state index < -0.39 is 17.5 Å². The smallest absolute Gasteiger partial charge is 0.266 e. The van der Waals surface area contributed by atoms with Crippen LogP contribution in [0.2, 0.25) is 0 Å². The molecule has 116 valence electrons. The Morgan fingerprint density at radius 3 is 2.35 bits per heavy atom. The number of amides is 1. The van der Waals surface area contributed by atoms with Gasteiger partial charge in [-0.15, -0.1) is 0 Å². The average molecular weight is 312 g/mol. The van der Waals surface area contributed by atoms with Crippen LogP contribution in [0.4, 0.5) is 14.5 Å². The highest BCUT2D eigenvalue weighted by Crippen LogP contribution is 2.21. The Kier molecular flexibility index (Phi) is 4.87. The Bertz CT molecular complexity index is 815. The number of carbonyl (C=O) groups is 1. The van der Waals surface area contributed by atoms with Gasteiger partial charge in [-0.25, -0.2) is 8.78 Å². The summed E-state index contributed by atoms with van der Waals surface area (Å²) in [6, 6.07) is 10.8. The molecule has 0 radical (unpaired) electrons. The van der Waals surface area contributed by atoms with Crippen molar-refractivity contribution in [2.75, 3.05) is 5.32 Å². The average Bonchev–Trinajstić information content (AvgIpc) is 2.52. The molecule has 0 saturated heterocycles.